The minimum atomic E-state index is -0.798. The number of hydrogen-bond donors (Lipinski definition) is 1. The Morgan fingerprint density at radius 1 is 0.914 bits per heavy atom. The fraction of sp³-hybridized carbons (Fsp3) is 0.154. The summed E-state index contributed by atoms with van der Waals surface area (Å²) in [5, 5.41) is 3.22. The van der Waals surface area contributed by atoms with E-state index in [1.807, 2.05) is 26.0 Å². The Labute approximate surface area is 211 Å². The van der Waals surface area contributed by atoms with Crippen LogP contribution in [0.25, 0.3) is 0 Å². The van der Waals surface area contributed by atoms with Gasteiger partial charge in [0.1, 0.15) is 0 Å². The molecule has 3 amide bonds. The quantitative estimate of drug-likeness (QED) is 0.338. The molecule has 0 radical (unpaired) electrons. The minimum Gasteiger partial charge on any atom is -0.452 e. The second kappa shape index (κ2) is 9.90. The van der Waals surface area contributed by atoms with Crippen molar-refractivity contribution >= 4 is 58.3 Å². The Hall–Kier alpha value is -3.68. The lowest BCUT2D eigenvalue weighted by Gasteiger charge is -2.14. The van der Waals surface area contributed by atoms with Crippen LogP contribution in [0.15, 0.2) is 60.7 Å². The van der Waals surface area contributed by atoms with Crippen LogP contribution in [0.2, 0.25) is 10.0 Å². The first kappa shape index (κ1) is 24.4. The number of carbonyl (C=O) groups excluding carboxylic acids is 4. The molecule has 4 rings (SSSR count). The number of hydrogen-bond acceptors (Lipinski definition) is 5. The number of ether oxygens (including phenoxy) is 1. The number of esters is 1. The van der Waals surface area contributed by atoms with Gasteiger partial charge in [-0.1, -0.05) is 55.2 Å². The largest absolute Gasteiger partial charge is 0.452 e. The molecule has 7 nitrogen and oxygen atoms in total. The number of amides is 3. The maximum absolute atomic E-state index is 12.9. The van der Waals surface area contributed by atoms with E-state index >= 15 is 0 Å². The number of rotatable bonds is 6. The number of nitrogens with zero attached hydrogens (tertiary/aromatic N) is 1. The van der Waals surface area contributed by atoms with E-state index in [2.05, 4.69) is 5.32 Å². The summed E-state index contributed by atoms with van der Waals surface area (Å²) >= 11 is 11.9. The zero-order chi connectivity index (χ0) is 25.3. The molecule has 1 N–H and O–H groups in total. The van der Waals surface area contributed by atoms with Crippen molar-refractivity contribution in [2.75, 3.05) is 16.8 Å². The van der Waals surface area contributed by atoms with Crippen LogP contribution in [0, 0.1) is 0 Å². The Bertz CT molecular complexity index is 1370. The van der Waals surface area contributed by atoms with Crippen molar-refractivity contribution in [3.8, 4) is 0 Å². The van der Waals surface area contributed by atoms with Gasteiger partial charge in [-0.15, -0.1) is 0 Å². The van der Waals surface area contributed by atoms with E-state index in [1.54, 1.807) is 12.1 Å². The molecule has 0 saturated heterocycles. The highest BCUT2D eigenvalue weighted by Gasteiger charge is 2.37. The average Bonchev–Trinajstić information content (AvgIpc) is 3.09. The first-order chi connectivity index (χ1) is 16.7. The zero-order valence-corrected chi connectivity index (χ0v) is 20.3. The van der Waals surface area contributed by atoms with Gasteiger partial charge in [0.15, 0.2) is 6.61 Å². The number of para-hydroxylation sites is 1. The smallest absolute Gasteiger partial charge is 0.338 e. The maximum atomic E-state index is 12.9. The van der Waals surface area contributed by atoms with Crippen LogP contribution in [-0.2, 0) is 9.53 Å². The lowest BCUT2D eigenvalue weighted by atomic mass is 10.0. The van der Waals surface area contributed by atoms with Gasteiger partial charge in [0.2, 0.25) is 0 Å². The van der Waals surface area contributed by atoms with E-state index in [0.29, 0.717) is 5.69 Å². The molecule has 0 bridgehead atoms. The first-order valence-corrected chi connectivity index (χ1v) is 11.5. The number of nitrogens with one attached hydrogen (secondary N) is 1. The molecule has 1 aliphatic rings. The minimum absolute atomic E-state index is 0.0382. The van der Waals surface area contributed by atoms with Gasteiger partial charge in [0, 0.05) is 5.69 Å². The second-order valence-corrected chi connectivity index (χ2v) is 8.99. The summed E-state index contributed by atoms with van der Waals surface area (Å²) in [4.78, 5) is 51.6. The third-order valence-corrected chi connectivity index (χ3v) is 6.21. The van der Waals surface area contributed by atoms with Gasteiger partial charge in [-0.3, -0.25) is 14.4 Å². The lowest BCUT2D eigenvalue weighted by Crippen LogP contribution is -2.29. The highest BCUT2D eigenvalue weighted by molar-refractivity contribution is 6.42. The van der Waals surface area contributed by atoms with Crippen LogP contribution in [0.4, 0.5) is 11.4 Å². The van der Waals surface area contributed by atoms with E-state index in [9.17, 15) is 19.2 Å². The van der Waals surface area contributed by atoms with E-state index in [4.69, 9.17) is 27.9 Å². The number of carbonyl (C=O) groups is 4. The van der Waals surface area contributed by atoms with Crippen molar-refractivity contribution in [2.24, 2.45) is 0 Å². The summed E-state index contributed by atoms with van der Waals surface area (Å²) in [6, 6.07) is 15.8. The van der Waals surface area contributed by atoms with Gasteiger partial charge in [0.05, 0.1) is 32.4 Å². The number of benzene rings is 3. The molecule has 0 aromatic heterocycles. The van der Waals surface area contributed by atoms with Crippen molar-refractivity contribution in [3.05, 3.63) is 93.0 Å². The molecule has 1 aliphatic heterocycles. The van der Waals surface area contributed by atoms with Crippen LogP contribution in [0.5, 0.6) is 0 Å². The molecule has 35 heavy (non-hydrogen) atoms. The van der Waals surface area contributed by atoms with E-state index in [-0.39, 0.29) is 38.3 Å². The van der Waals surface area contributed by atoms with Crippen molar-refractivity contribution in [3.63, 3.8) is 0 Å². The molecule has 0 fully saturated rings. The SMILES string of the molecule is CC(C)c1ccccc1NC(=O)COC(=O)c1ccc2c(c1)C(=O)N(c1ccc(Cl)c(Cl)c1)C2=O. The van der Waals surface area contributed by atoms with Gasteiger partial charge in [-0.2, -0.15) is 0 Å². The Balaban J connectivity index is 1.46. The Morgan fingerprint density at radius 3 is 2.34 bits per heavy atom. The summed E-state index contributed by atoms with van der Waals surface area (Å²) < 4.78 is 5.13. The number of anilines is 2. The van der Waals surface area contributed by atoms with Crippen molar-refractivity contribution < 1.29 is 23.9 Å². The van der Waals surface area contributed by atoms with Crippen molar-refractivity contribution in [1.29, 1.82) is 0 Å². The molecule has 0 aliphatic carbocycles. The van der Waals surface area contributed by atoms with E-state index < -0.39 is 30.3 Å². The number of halogens is 2. The molecule has 3 aromatic rings. The summed E-state index contributed by atoms with van der Waals surface area (Å²) in [7, 11) is 0. The predicted octanol–water partition coefficient (Wildman–Crippen LogP) is 5.71. The van der Waals surface area contributed by atoms with Gasteiger partial charge >= 0.3 is 5.97 Å². The maximum Gasteiger partial charge on any atom is 0.338 e. The van der Waals surface area contributed by atoms with Crippen LogP contribution in [0.1, 0.15) is 56.4 Å². The van der Waals surface area contributed by atoms with Crippen LogP contribution < -0.4 is 10.2 Å². The standard InChI is InChI=1S/C26H20Cl2N2O5/c1-14(2)17-5-3-4-6-22(17)29-23(31)13-35-26(34)15-7-9-18-19(11-15)25(33)30(24(18)32)16-8-10-20(27)21(28)12-16/h3-12,14H,13H2,1-2H3,(H,29,31). The fourth-order valence-electron chi connectivity index (χ4n) is 3.74. The number of imide groups is 1. The molecule has 0 unspecified atom stereocenters. The summed E-state index contributed by atoms with van der Waals surface area (Å²) in [6.07, 6.45) is 0. The van der Waals surface area contributed by atoms with Crippen LogP contribution >= 0.6 is 23.2 Å². The highest BCUT2D eigenvalue weighted by Crippen LogP contribution is 2.33. The fourth-order valence-corrected chi connectivity index (χ4v) is 4.03. The molecule has 0 saturated carbocycles. The molecule has 1 heterocycles. The molecule has 3 aromatic carbocycles. The van der Waals surface area contributed by atoms with E-state index in [1.165, 1.54) is 36.4 Å². The molecular formula is C26H20Cl2N2O5. The topological polar surface area (TPSA) is 92.8 Å². The first-order valence-electron chi connectivity index (χ1n) is 10.7. The third-order valence-electron chi connectivity index (χ3n) is 5.47. The zero-order valence-electron chi connectivity index (χ0n) is 18.8. The van der Waals surface area contributed by atoms with Gasteiger partial charge in [-0.25, -0.2) is 9.69 Å². The predicted molar refractivity (Wildman–Crippen MR) is 133 cm³/mol. The van der Waals surface area contributed by atoms with E-state index in [0.717, 1.165) is 10.5 Å². The number of fused-ring (bicyclic) bond motifs is 1. The van der Waals surface area contributed by atoms with Gasteiger partial charge < -0.3 is 10.1 Å². The second-order valence-electron chi connectivity index (χ2n) is 8.17. The summed E-state index contributed by atoms with van der Waals surface area (Å²) in [5.41, 5.74) is 2.09. The monoisotopic (exact) mass is 510 g/mol. The molecule has 0 atom stereocenters. The van der Waals surface area contributed by atoms with Gasteiger partial charge in [-0.05, 0) is 53.9 Å². The molecule has 0 spiro atoms. The lowest BCUT2D eigenvalue weighted by molar-refractivity contribution is -0.119. The highest BCUT2D eigenvalue weighted by atomic mass is 35.5. The van der Waals surface area contributed by atoms with Crippen LogP contribution in [0.3, 0.4) is 0 Å². The normalized spacial score (nSPS) is 12.7. The third kappa shape index (κ3) is 4.92. The van der Waals surface area contributed by atoms with Crippen molar-refractivity contribution in [2.45, 2.75) is 19.8 Å². The van der Waals surface area contributed by atoms with Crippen molar-refractivity contribution in [1.82, 2.24) is 0 Å². The van der Waals surface area contributed by atoms with Crippen LogP contribution in [-0.4, -0.2) is 30.3 Å². The molecular weight excluding hydrogens is 491 g/mol. The molecule has 9 heteroatoms. The average molecular weight is 511 g/mol. The summed E-state index contributed by atoms with van der Waals surface area (Å²) in [6.45, 7) is 3.51. The van der Waals surface area contributed by atoms with Gasteiger partial charge in [0.25, 0.3) is 17.7 Å². The Morgan fingerprint density at radius 2 is 1.63 bits per heavy atom. The summed E-state index contributed by atoms with van der Waals surface area (Å²) in [5.74, 6) is -2.25. The molecule has 178 valence electrons. The Kier molecular flexibility index (Phi) is 6.91.